The fourth-order valence-corrected chi connectivity index (χ4v) is 4.27. The van der Waals surface area contributed by atoms with E-state index in [9.17, 15) is 9.59 Å². The molecule has 0 unspecified atom stereocenters. The van der Waals surface area contributed by atoms with E-state index in [-0.39, 0.29) is 36.4 Å². The predicted molar refractivity (Wildman–Crippen MR) is 115 cm³/mol. The number of amides is 2. The van der Waals surface area contributed by atoms with Gasteiger partial charge >= 0.3 is 0 Å². The summed E-state index contributed by atoms with van der Waals surface area (Å²) in [5, 5.41) is 3.04. The van der Waals surface area contributed by atoms with E-state index in [4.69, 9.17) is 14.2 Å². The van der Waals surface area contributed by atoms with Gasteiger partial charge in [-0.3, -0.25) is 9.59 Å². The van der Waals surface area contributed by atoms with Crippen molar-refractivity contribution in [3.05, 3.63) is 53.6 Å². The second kappa shape index (κ2) is 8.88. The Bertz CT molecular complexity index is 974. The lowest BCUT2D eigenvalue weighted by Crippen LogP contribution is -2.36. The highest BCUT2D eigenvalue weighted by atomic mass is 16.7. The van der Waals surface area contributed by atoms with Crippen molar-refractivity contribution in [2.45, 2.75) is 26.3 Å². The van der Waals surface area contributed by atoms with Crippen LogP contribution in [0.1, 0.15) is 30.9 Å². The molecule has 2 aliphatic heterocycles. The highest BCUT2D eigenvalue weighted by Crippen LogP contribution is 2.38. The molecular weight excluding hydrogens is 396 g/mol. The van der Waals surface area contributed by atoms with E-state index in [1.807, 2.05) is 56.3 Å². The summed E-state index contributed by atoms with van der Waals surface area (Å²) in [6.07, 6.45) is 0. The lowest BCUT2D eigenvalue weighted by molar-refractivity contribution is -0.133. The van der Waals surface area contributed by atoms with Crippen LogP contribution < -0.4 is 19.5 Å². The Morgan fingerprint density at radius 3 is 2.68 bits per heavy atom. The van der Waals surface area contributed by atoms with Crippen LogP contribution in [-0.4, -0.2) is 43.7 Å². The molecule has 0 spiro atoms. The van der Waals surface area contributed by atoms with Crippen LogP contribution in [0.15, 0.2) is 42.5 Å². The van der Waals surface area contributed by atoms with E-state index >= 15 is 0 Å². The first-order valence-electron chi connectivity index (χ1n) is 10.6. The largest absolute Gasteiger partial charge is 0.496 e. The Kier molecular flexibility index (Phi) is 6.02. The summed E-state index contributed by atoms with van der Waals surface area (Å²) in [6.45, 7) is 5.25. The van der Waals surface area contributed by atoms with E-state index in [2.05, 4.69) is 5.32 Å². The van der Waals surface area contributed by atoms with Crippen LogP contribution in [-0.2, 0) is 16.1 Å². The number of carbonyl (C=O) groups excluding carboxylic acids is 2. The highest BCUT2D eigenvalue weighted by molar-refractivity contribution is 5.84. The first-order valence-corrected chi connectivity index (χ1v) is 10.6. The maximum absolute atomic E-state index is 13.2. The fourth-order valence-electron chi connectivity index (χ4n) is 4.27. The third-order valence-electron chi connectivity index (χ3n) is 5.90. The molecule has 2 amide bonds. The number of likely N-dealkylation sites (tertiary alicyclic amines) is 1. The summed E-state index contributed by atoms with van der Waals surface area (Å²) < 4.78 is 16.3. The van der Waals surface area contributed by atoms with Crippen LogP contribution in [0.3, 0.4) is 0 Å². The summed E-state index contributed by atoms with van der Waals surface area (Å²) in [5.41, 5.74) is 1.88. The van der Waals surface area contributed by atoms with Crippen molar-refractivity contribution in [3.63, 3.8) is 0 Å². The Hall–Kier alpha value is -3.22. The number of methoxy groups -OCH3 is 1. The third kappa shape index (κ3) is 4.31. The third-order valence-corrected chi connectivity index (χ3v) is 5.90. The van der Waals surface area contributed by atoms with Crippen molar-refractivity contribution in [1.29, 1.82) is 0 Å². The molecule has 2 atom stereocenters. The number of carbonyl (C=O) groups is 2. The van der Waals surface area contributed by atoms with Crippen LogP contribution in [0, 0.1) is 11.8 Å². The Balaban J connectivity index is 1.52. The van der Waals surface area contributed by atoms with Crippen LogP contribution in [0.2, 0.25) is 0 Å². The quantitative estimate of drug-likeness (QED) is 0.772. The van der Waals surface area contributed by atoms with Gasteiger partial charge in [0.25, 0.3) is 0 Å². The average molecular weight is 424 g/mol. The molecular formula is C24H28N2O5. The molecule has 4 rings (SSSR count). The van der Waals surface area contributed by atoms with Gasteiger partial charge in [-0.05, 0) is 29.3 Å². The molecule has 0 bridgehead atoms. The molecule has 0 radical (unpaired) electrons. The highest BCUT2D eigenvalue weighted by Gasteiger charge is 2.41. The Morgan fingerprint density at radius 1 is 1.13 bits per heavy atom. The fraction of sp³-hybridized carbons (Fsp3) is 0.417. The van der Waals surface area contributed by atoms with Crippen molar-refractivity contribution in [1.82, 2.24) is 10.2 Å². The van der Waals surface area contributed by atoms with Gasteiger partial charge < -0.3 is 24.4 Å². The molecule has 7 nitrogen and oxygen atoms in total. The molecule has 2 heterocycles. The molecule has 31 heavy (non-hydrogen) atoms. The van der Waals surface area contributed by atoms with Gasteiger partial charge in [-0.1, -0.05) is 38.1 Å². The van der Waals surface area contributed by atoms with Crippen LogP contribution in [0.4, 0.5) is 0 Å². The van der Waals surface area contributed by atoms with Crippen molar-refractivity contribution >= 4 is 11.8 Å². The van der Waals surface area contributed by atoms with Crippen LogP contribution >= 0.6 is 0 Å². The van der Waals surface area contributed by atoms with Crippen molar-refractivity contribution < 1.29 is 23.8 Å². The summed E-state index contributed by atoms with van der Waals surface area (Å²) in [6, 6.07) is 13.3. The number of para-hydroxylation sites is 1. The minimum absolute atomic E-state index is 0.0611. The van der Waals surface area contributed by atoms with Gasteiger partial charge in [-0.25, -0.2) is 0 Å². The normalized spacial score (nSPS) is 19.5. The number of benzene rings is 2. The average Bonchev–Trinajstić information content (AvgIpc) is 3.43. The zero-order chi connectivity index (χ0) is 22.0. The molecule has 164 valence electrons. The molecule has 2 aromatic rings. The smallest absolute Gasteiger partial charge is 0.231 e. The number of hydrogen-bond acceptors (Lipinski definition) is 5. The van der Waals surface area contributed by atoms with Gasteiger partial charge in [0.05, 0.1) is 13.0 Å². The minimum atomic E-state index is -0.354. The molecule has 2 aliphatic rings. The Labute approximate surface area is 182 Å². The van der Waals surface area contributed by atoms with Crippen molar-refractivity contribution in [2.24, 2.45) is 11.8 Å². The zero-order valence-electron chi connectivity index (χ0n) is 18.1. The van der Waals surface area contributed by atoms with E-state index in [1.165, 1.54) is 0 Å². The van der Waals surface area contributed by atoms with Gasteiger partial charge in [-0.15, -0.1) is 0 Å². The summed E-state index contributed by atoms with van der Waals surface area (Å²) >= 11 is 0. The second-order valence-electron chi connectivity index (χ2n) is 8.26. The molecule has 0 aliphatic carbocycles. The second-order valence-corrected chi connectivity index (χ2v) is 8.26. The first-order chi connectivity index (χ1) is 15.0. The predicted octanol–water partition coefficient (Wildman–Crippen LogP) is 2.94. The lowest BCUT2D eigenvalue weighted by atomic mass is 9.87. The molecule has 7 heteroatoms. The Morgan fingerprint density at radius 2 is 1.90 bits per heavy atom. The van der Waals surface area contributed by atoms with Crippen molar-refractivity contribution in [3.8, 4) is 17.2 Å². The molecule has 1 fully saturated rings. The van der Waals surface area contributed by atoms with Gasteiger partial charge in [0.15, 0.2) is 11.5 Å². The molecule has 1 N–H and O–H groups in total. The molecule has 0 saturated carbocycles. The summed E-state index contributed by atoms with van der Waals surface area (Å²) in [4.78, 5) is 27.7. The number of rotatable bonds is 6. The SMILES string of the molecule is COc1ccccc1[C@H]1CN(C(=O)C(C)C)C[C@@H]1C(=O)NCc1ccc2c(c1)OCO2. The van der Waals surface area contributed by atoms with Gasteiger partial charge in [0.2, 0.25) is 18.6 Å². The maximum atomic E-state index is 13.2. The van der Waals surface area contributed by atoms with E-state index < -0.39 is 0 Å². The first kappa shape index (κ1) is 21.0. The van der Waals surface area contributed by atoms with Crippen LogP contribution in [0.5, 0.6) is 17.2 Å². The standard InChI is InChI=1S/C24H28N2O5/c1-15(2)24(28)26-12-18(17-6-4-5-7-20(17)29-3)19(13-26)23(27)25-11-16-8-9-21-22(10-16)31-14-30-21/h4-10,15,18-19H,11-14H2,1-3H3,(H,25,27)/t18-,19+/m1/s1. The topological polar surface area (TPSA) is 77.1 Å². The van der Waals surface area contributed by atoms with Crippen LogP contribution in [0.25, 0.3) is 0 Å². The summed E-state index contributed by atoms with van der Waals surface area (Å²) in [7, 11) is 1.62. The van der Waals surface area contributed by atoms with Gasteiger partial charge in [0, 0.05) is 31.5 Å². The number of ether oxygens (including phenoxy) is 3. The van der Waals surface area contributed by atoms with Crippen molar-refractivity contribution in [2.75, 3.05) is 27.0 Å². The summed E-state index contributed by atoms with van der Waals surface area (Å²) in [5.74, 6) is 1.52. The molecule has 2 aromatic carbocycles. The number of fused-ring (bicyclic) bond motifs is 1. The number of nitrogens with one attached hydrogen (secondary N) is 1. The zero-order valence-corrected chi connectivity index (χ0v) is 18.1. The molecule has 0 aromatic heterocycles. The lowest BCUT2D eigenvalue weighted by Gasteiger charge is -2.20. The molecule has 1 saturated heterocycles. The van der Waals surface area contributed by atoms with E-state index in [1.54, 1.807) is 12.0 Å². The van der Waals surface area contributed by atoms with Gasteiger partial charge in [-0.2, -0.15) is 0 Å². The minimum Gasteiger partial charge on any atom is -0.496 e. The van der Waals surface area contributed by atoms with E-state index in [0.29, 0.717) is 31.1 Å². The van der Waals surface area contributed by atoms with Gasteiger partial charge in [0.1, 0.15) is 5.75 Å². The number of nitrogens with zero attached hydrogens (tertiary/aromatic N) is 1. The monoisotopic (exact) mass is 424 g/mol. The maximum Gasteiger partial charge on any atom is 0.231 e. The van der Waals surface area contributed by atoms with E-state index in [0.717, 1.165) is 16.9 Å². The number of hydrogen-bond donors (Lipinski definition) is 1.